The van der Waals surface area contributed by atoms with Gasteiger partial charge in [-0.05, 0) is 31.7 Å². The molecule has 0 fully saturated rings. The van der Waals surface area contributed by atoms with Crippen LogP contribution in [0.1, 0.15) is 35.7 Å². The van der Waals surface area contributed by atoms with E-state index >= 15 is 0 Å². The summed E-state index contributed by atoms with van der Waals surface area (Å²) < 4.78 is 0. The largest absolute Gasteiger partial charge is 0.294 e. The molecule has 1 nitrogen and oxygen atoms in total. The third kappa shape index (κ3) is 2.01. The van der Waals surface area contributed by atoms with E-state index in [0.717, 1.165) is 24.8 Å². The molecule has 0 aliphatic heterocycles. The Balaban J connectivity index is 2.10. The van der Waals surface area contributed by atoms with Crippen LogP contribution in [0.15, 0.2) is 36.4 Å². The molecule has 78 valence electrons. The highest BCUT2D eigenvalue weighted by atomic mass is 16.1. The quantitative estimate of drug-likeness (QED) is 0.683. The lowest BCUT2D eigenvalue weighted by Gasteiger charge is -2.06. The molecule has 0 saturated carbocycles. The van der Waals surface area contributed by atoms with E-state index < -0.39 is 0 Å². The molecule has 1 aromatic rings. The molecule has 0 radical (unpaired) electrons. The van der Waals surface area contributed by atoms with Crippen molar-refractivity contribution >= 4 is 5.78 Å². The zero-order chi connectivity index (χ0) is 10.8. The van der Waals surface area contributed by atoms with Gasteiger partial charge in [0, 0.05) is 11.5 Å². The Hall–Kier alpha value is -1.37. The molecule has 0 saturated heterocycles. The number of benzene rings is 1. The molecule has 1 unspecified atom stereocenters. The van der Waals surface area contributed by atoms with Crippen molar-refractivity contribution < 1.29 is 4.79 Å². The Morgan fingerprint density at radius 1 is 1.47 bits per heavy atom. The molecular weight excluding hydrogens is 184 g/mol. The van der Waals surface area contributed by atoms with Gasteiger partial charge in [-0.1, -0.05) is 29.8 Å². The zero-order valence-corrected chi connectivity index (χ0v) is 9.12. The van der Waals surface area contributed by atoms with Gasteiger partial charge in [-0.15, -0.1) is 6.58 Å². The highest BCUT2D eigenvalue weighted by Crippen LogP contribution is 2.29. The van der Waals surface area contributed by atoms with Crippen molar-refractivity contribution in [3.8, 4) is 0 Å². The van der Waals surface area contributed by atoms with Crippen LogP contribution >= 0.6 is 0 Å². The predicted octanol–water partition coefficient (Wildman–Crippen LogP) is 3.40. The van der Waals surface area contributed by atoms with Crippen LogP contribution in [0.5, 0.6) is 0 Å². The molecule has 0 N–H and O–H groups in total. The third-order valence-corrected chi connectivity index (χ3v) is 3.04. The van der Waals surface area contributed by atoms with Crippen molar-refractivity contribution in [3.05, 3.63) is 47.5 Å². The molecule has 1 aliphatic rings. The van der Waals surface area contributed by atoms with Crippen LogP contribution in [0, 0.1) is 5.92 Å². The zero-order valence-electron chi connectivity index (χ0n) is 9.12. The van der Waals surface area contributed by atoms with Crippen LogP contribution in [-0.2, 0) is 6.42 Å². The molecule has 15 heavy (non-hydrogen) atoms. The molecule has 0 bridgehead atoms. The van der Waals surface area contributed by atoms with E-state index in [1.54, 1.807) is 0 Å². The topological polar surface area (TPSA) is 17.1 Å². The summed E-state index contributed by atoms with van der Waals surface area (Å²) in [6.07, 6.45) is 2.83. The number of carbonyl (C=O) groups is 1. The summed E-state index contributed by atoms with van der Waals surface area (Å²) in [6, 6.07) is 7.96. The van der Waals surface area contributed by atoms with E-state index in [9.17, 15) is 4.79 Å². The Morgan fingerprint density at radius 2 is 2.20 bits per heavy atom. The fourth-order valence-electron chi connectivity index (χ4n) is 2.17. The first-order chi connectivity index (χ1) is 7.18. The molecular formula is C14H16O. The SMILES string of the molecule is C=C(C)CCC1Cc2ccccc2C1=O. The number of ketones is 1. The second kappa shape index (κ2) is 4.01. The molecule has 1 aliphatic carbocycles. The molecule has 0 heterocycles. The number of allylic oxidation sites excluding steroid dienone is 1. The summed E-state index contributed by atoms with van der Waals surface area (Å²) in [4.78, 5) is 12.0. The van der Waals surface area contributed by atoms with Gasteiger partial charge in [-0.25, -0.2) is 0 Å². The first kappa shape index (κ1) is 10.2. The van der Waals surface area contributed by atoms with E-state index in [4.69, 9.17) is 0 Å². The van der Waals surface area contributed by atoms with E-state index in [2.05, 4.69) is 12.6 Å². The van der Waals surface area contributed by atoms with E-state index in [0.29, 0.717) is 5.78 Å². The van der Waals surface area contributed by atoms with Gasteiger partial charge in [0.25, 0.3) is 0 Å². The summed E-state index contributed by atoms with van der Waals surface area (Å²) in [6.45, 7) is 5.90. The van der Waals surface area contributed by atoms with Crippen LogP contribution in [0.3, 0.4) is 0 Å². The lowest BCUT2D eigenvalue weighted by atomic mass is 9.97. The smallest absolute Gasteiger partial charge is 0.166 e. The maximum absolute atomic E-state index is 12.0. The van der Waals surface area contributed by atoms with Gasteiger partial charge in [0.2, 0.25) is 0 Å². The third-order valence-electron chi connectivity index (χ3n) is 3.04. The van der Waals surface area contributed by atoms with Gasteiger partial charge in [-0.3, -0.25) is 4.79 Å². The van der Waals surface area contributed by atoms with Crippen molar-refractivity contribution in [3.63, 3.8) is 0 Å². The van der Waals surface area contributed by atoms with Crippen molar-refractivity contribution in [1.82, 2.24) is 0 Å². The monoisotopic (exact) mass is 200 g/mol. The molecule has 0 amide bonds. The fourth-order valence-corrected chi connectivity index (χ4v) is 2.17. The average Bonchev–Trinajstić information content (AvgIpc) is 2.54. The van der Waals surface area contributed by atoms with Crippen molar-refractivity contribution in [2.24, 2.45) is 5.92 Å². The lowest BCUT2D eigenvalue weighted by molar-refractivity contribution is 0.0931. The average molecular weight is 200 g/mol. The van der Waals surface area contributed by atoms with Crippen molar-refractivity contribution in [2.45, 2.75) is 26.2 Å². The number of hydrogen-bond donors (Lipinski definition) is 0. The van der Waals surface area contributed by atoms with Crippen molar-refractivity contribution in [2.75, 3.05) is 0 Å². The van der Waals surface area contributed by atoms with Crippen LogP contribution in [-0.4, -0.2) is 5.78 Å². The lowest BCUT2D eigenvalue weighted by Crippen LogP contribution is -2.08. The summed E-state index contributed by atoms with van der Waals surface area (Å²) >= 11 is 0. The molecule has 0 aromatic heterocycles. The summed E-state index contributed by atoms with van der Waals surface area (Å²) in [5.41, 5.74) is 3.32. The normalized spacial score (nSPS) is 19.0. The summed E-state index contributed by atoms with van der Waals surface area (Å²) in [5, 5.41) is 0. The maximum atomic E-state index is 12.0. The molecule has 1 aromatic carbocycles. The molecule has 1 atom stereocenters. The van der Waals surface area contributed by atoms with Crippen LogP contribution in [0.25, 0.3) is 0 Å². The number of rotatable bonds is 3. The van der Waals surface area contributed by atoms with Gasteiger partial charge in [0.1, 0.15) is 0 Å². The Bertz CT molecular complexity index is 404. The number of Topliss-reactive ketones (excluding diaryl/α,β-unsaturated/α-hetero) is 1. The first-order valence-electron chi connectivity index (χ1n) is 5.45. The number of fused-ring (bicyclic) bond motifs is 1. The number of carbonyl (C=O) groups excluding carboxylic acids is 1. The maximum Gasteiger partial charge on any atom is 0.166 e. The van der Waals surface area contributed by atoms with Crippen molar-refractivity contribution in [1.29, 1.82) is 0 Å². The molecule has 0 spiro atoms. The van der Waals surface area contributed by atoms with Crippen LogP contribution in [0.2, 0.25) is 0 Å². The standard InChI is InChI=1S/C14H16O/c1-10(2)7-8-12-9-11-5-3-4-6-13(11)14(12)15/h3-6,12H,1,7-9H2,2H3. The first-order valence-corrected chi connectivity index (χ1v) is 5.45. The minimum absolute atomic E-state index is 0.194. The predicted molar refractivity (Wildman–Crippen MR) is 62.0 cm³/mol. The Kier molecular flexibility index (Phi) is 2.72. The summed E-state index contributed by atoms with van der Waals surface area (Å²) in [7, 11) is 0. The number of hydrogen-bond acceptors (Lipinski definition) is 1. The highest BCUT2D eigenvalue weighted by Gasteiger charge is 2.29. The Morgan fingerprint density at radius 3 is 2.87 bits per heavy atom. The minimum atomic E-state index is 0.194. The highest BCUT2D eigenvalue weighted by molar-refractivity contribution is 6.02. The van der Waals surface area contributed by atoms with E-state index in [-0.39, 0.29) is 5.92 Å². The second-order valence-electron chi connectivity index (χ2n) is 4.42. The molecule has 2 rings (SSSR count). The van der Waals surface area contributed by atoms with Crippen LogP contribution in [0.4, 0.5) is 0 Å². The fraction of sp³-hybridized carbons (Fsp3) is 0.357. The van der Waals surface area contributed by atoms with Crippen LogP contribution < -0.4 is 0 Å². The minimum Gasteiger partial charge on any atom is -0.294 e. The van der Waals surface area contributed by atoms with Gasteiger partial charge in [-0.2, -0.15) is 0 Å². The second-order valence-corrected chi connectivity index (χ2v) is 4.42. The Labute approximate surface area is 90.8 Å². The summed E-state index contributed by atoms with van der Waals surface area (Å²) in [5.74, 6) is 0.519. The van der Waals surface area contributed by atoms with Gasteiger partial charge < -0.3 is 0 Å². The van der Waals surface area contributed by atoms with Gasteiger partial charge in [0.05, 0.1) is 0 Å². The van der Waals surface area contributed by atoms with Gasteiger partial charge in [0.15, 0.2) is 5.78 Å². The van der Waals surface area contributed by atoms with Gasteiger partial charge >= 0.3 is 0 Å². The van der Waals surface area contributed by atoms with E-state index in [1.165, 1.54) is 11.1 Å². The molecule has 1 heteroatoms. The van der Waals surface area contributed by atoms with E-state index in [1.807, 2.05) is 25.1 Å².